The molecule has 1 aliphatic rings. The summed E-state index contributed by atoms with van der Waals surface area (Å²) >= 11 is 12.0. The minimum Gasteiger partial charge on any atom is -0.295 e. The van der Waals surface area contributed by atoms with Gasteiger partial charge in [-0.05, 0) is 29.8 Å². The van der Waals surface area contributed by atoms with Gasteiger partial charge in [-0.2, -0.15) is 4.98 Å². The van der Waals surface area contributed by atoms with Crippen molar-refractivity contribution in [2.45, 2.75) is 12.5 Å². The van der Waals surface area contributed by atoms with E-state index in [1.54, 1.807) is 41.1 Å². The molecule has 0 saturated carbocycles. The molecule has 0 radical (unpaired) electrons. The molecule has 2 aromatic carbocycles. The number of rotatable bonds is 3. The molecular weight excluding hydrogens is 389 g/mol. The second-order valence-electron chi connectivity index (χ2n) is 5.96. The van der Waals surface area contributed by atoms with E-state index in [1.807, 2.05) is 12.1 Å². The van der Waals surface area contributed by atoms with Crippen molar-refractivity contribution in [2.75, 3.05) is 10.6 Å². The Labute approximate surface area is 164 Å². The zero-order chi connectivity index (χ0) is 19.0. The van der Waals surface area contributed by atoms with Crippen LogP contribution in [-0.4, -0.2) is 26.6 Å². The van der Waals surface area contributed by atoms with E-state index >= 15 is 0 Å². The Bertz CT molecular complexity index is 1030. The van der Waals surface area contributed by atoms with Crippen LogP contribution in [0.2, 0.25) is 10.0 Å². The summed E-state index contributed by atoms with van der Waals surface area (Å²) in [5, 5.41) is 10.5. The van der Waals surface area contributed by atoms with E-state index in [9.17, 15) is 9.59 Å². The zero-order valence-electron chi connectivity index (χ0n) is 13.8. The molecule has 1 aliphatic heterocycles. The van der Waals surface area contributed by atoms with Crippen LogP contribution < -0.4 is 10.6 Å². The highest BCUT2D eigenvalue weighted by Crippen LogP contribution is 2.30. The maximum Gasteiger partial charge on any atom is 0.259 e. The van der Waals surface area contributed by atoms with Gasteiger partial charge in [-0.1, -0.05) is 47.5 Å². The van der Waals surface area contributed by atoms with Crippen LogP contribution in [0.1, 0.15) is 28.4 Å². The summed E-state index contributed by atoms with van der Waals surface area (Å²) in [4.78, 5) is 28.7. The van der Waals surface area contributed by atoms with E-state index in [1.165, 1.54) is 0 Å². The van der Waals surface area contributed by atoms with E-state index in [0.29, 0.717) is 15.6 Å². The van der Waals surface area contributed by atoms with Gasteiger partial charge in [0.05, 0.1) is 23.0 Å². The van der Waals surface area contributed by atoms with Crippen LogP contribution in [0.15, 0.2) is 48.5 Å². The van der Waals surface area contributed by atoms with E-state index in [4.69, 9.17) is 23.2 Å². The molecule has 0 bridgehead atoms. The lowest BCUT2D eigenvalue weighted by Crippen LogP contribution is -2.29. The summed E-state index contributed by atoms with van der Waals surface area (Å²) in [6.45, 7) is 0. The largest absolute Gasteiger partial charge is 0.295 e. The van der Waals surface area contributed by atoms with E-state index < -0.39 is 5.91 Å². The zero-order valence-corrected chi connectivity index (χ0v) is 15.3. The van der Waals surface area contributed by atoms with E-state index in [2.05, 4.69) is 20.7 Å². The van der Waals surface area contributed by atoms with Crippen molar-refractivity contribution in [2.24, 2.45) is 0 Å². The van der Waals surface area contributed by atoms with Gasteiger partial charge in [-0.3, -0.25) is 20.2 Å². The van der Waals surface area contributed by atoms with Gasteiger partial charge in [0.25, 0.3) is 11.9 Å². The maximum atomic E-state index is 12.4. The van der Waals surface area contributed by atoms with Gasteiger partial charge in [-0.25, -0.2) is 4.68 Å². The molecule has 0 aliphatic carbocycles. The van der Waals surface area contributed by atoms with Crippen molar-refractivity contribution >= 4 is 46.9 Å². The number of fused-ring (bicyclic) bond motifs is 1. The number of anilines is 2. The fourth-order valence-corrected chi connectivity index (χ4v) is 3.22. The Hall–Kier alpha value is -2.90. The standard InChI is InChI=1S/C18H13Cl2N5O2/c19-11-7-5-10(6-8-11)14-9-15(26)21-18-23-17(24-25(14)18)22-16(27)12-3-1-2-4-13(12)20/h1-8,14H,9H2,(H2,21,22,23,24,26,27)/t14-/m0/s1. The van der Waals surface area contributed by atoms with Crippen LogP contribution in [-0.2, 0) is 4.79 Å². The number of nitrogens with one attached hydrogen (secondary N) is 2. The molecule has 27 heavy (non-hydrogen) atoms. The van der Waals surface area contributed by atoms with Crippen LogP contribution >= 0.6 is 23.2 Å². The quantitative estimate of drug-likeness (QED) is 0.698. The summed E-state index contributed by atoms with van der Waals surface area (Å²) in [6.07, 6.45) is 0.204. The lowest BCUT2D eigenvalue weighted by atomic mass is 10.0. The summed E-state index contributed by atoms with van der Waals surface area (Å²) < 4.78 is 1.58. The number of hydrogen-bond acceptors (Lipinski definition) is 4. The Morgan fingerprint density at radius 1 is 1.15 bits per heavy atom. The lowest BCUT2D eigenvalue weighted by Gasteiger charge is -2.23. The number of halogens is 2. The summed E-state index contributed by atoms with van der Waals surface area (Å²) in [7, 11) is 0. The van der Waals surface area contributed by atoms with Gasteiger partial charge in [-0.15, -0.1) is 5.10 Å². The first-order valence-electron chi connectivity index (χ1n) is 8.09. The number of benzene rings is 2. The topological polar surface area (TPSA) is 88.9 Å². The molecule has 1 atom stereocenters. The number of carbonyl (C=O) groups is 2. The highest BCUT2D eigenvalue weighted by atomic mass is 35.5. The number of amides is 2. The van der Waals surface area contributed by atoms with Crippen molar-refractivity contribution in [3.05, 3.63) is 69.7 Å². The second-order valence-corrected chi connectivity index (χ2v) is 6.80. The number of aromatic nitrogens is 3. The SMILES string of the molecule is O=C1C[C@@H](c2ccc(Cl)cc2)n2nc(NC(=O)c3ccccc3Cl)nc2N1. The fraction of sp³-hybridized carbons (Fsp3) is 0.111. The van der Waals surface area contributed by atoms with Crippen molar-refractivity contribution in [1.82, 2.24) is 14.8 Å². The third-order valence-electron chi connectivity index (χ3n) is 4.16. The molecule has 0 fully saturated rings. The first-order chi connectivity index (χ1) is 13.0. The average Bonchev–Trinajstić information content (AvgIpc) is 3.04. The van der Waals surface area contributed by atoms with Gasteiger partial charge in [0.2, 0.25) is 11.9 Å². The summed E-state index contributed by atoms with van der Waals surface area (Å²) in [5.41, 5.74) is 1.18. The molecule has 0 unspecified atom stereocenters. The molecule has 2 N–H and O–H groups in total. The molecule has 1 aromatic heterocycles. The maximum absolute atomic E-state index is 12.4. The number of hydrogen-bond donors (Lipinski definition) is 2. The molecule has 7 nitrogen and oxygen atoms in total. The predicted molar refractivity (Wildman–Crippen MR) is 102 cm³/mol. The van der Waals surface area contributed by atoms with Gasteiger partial charge in [0.1, 0.15) is 0 Å². The molecule has 4 rings (SSSR count). The molecule has 2 amide bonds. The Kier molecular flexibility index (Phi) is 4.55. The van der Waals surface area contributed by atoms with Crippen molar-refractivity contribution < 1.29 is 9.59 Å². The molecular formula is C18H13Cl2N5O2. The average molecular weight is 402 g/mol. The monoisotopic (exact) mass is 401 g/mol. The number of nitrogens with zero attached hydrogens (tertiary/aromatic N) is 3. The van der Waals surface area contributed by atoms with Crippen molar-refractivity contribution in [1.29, 1.82) is 0 Å². The summed E-state index contributed by atoms with van der Waals surface area (Å²) in [5.74, 6) is -0.270. The smallest absolute Gasteiger partial charge is 0.259 e. The Balaban J connectivity index is 1.64. The normalized spacial score (nSPS) is 15.8. The van der Waals surface area contributed by atoms with E-state index in [-0.39, 0.29) is 30.3 Å². The van der Waals surface area contributed by atoms with Gasteiger partial charge in [0.15, 0.2) is 0 Å². The van der Waals surface area contributed by atoms with Crippen molar-refractivity contribution in [3.8, 4) is 0 Å². The third-order valence-corrected chi connectivity index (χ3v) is 4.74. The van der Waals surface area contributed by atoms with Gasteiger partial charge in [0, 0.05) is 5.02 Å². The number of carbonyl (C=O) groups excluding carboxylic acids is 2. The molecule has 9 heteroatoms. The minimum atomic E-state index is -0.432. The van der Waals surface area contributed by atoms with Crippen LogP contribution in [0.5, 0.6) is 0 Å². The molecule has 3 aromatic rings. The van der Waals surface area contributed by atoms with Crippen molar-refractivity contribution in [3.63, 3.8) is 0 Å². The molecule has 0 spiro atoms. The van der Waals surface area contributed by atoms with Crippen LogP contribution in [0.4, 0.5) is 11.9 Å². The molecule has 2 heterocycles. The van der Waals surface area contributed by atoms with Crippen LogP contribution in [0, 0.1) is 0 Å². The van der Waals surface area contributed by atoms with Crippen LogP contribution in [0.25, 0.3) is 0 Å². The Morgan fingerprint density at radius 2 is 1.89 bits per heavy atom. The van der Waals surface area contributed by atoms with E-state index in [0.717, 1.165) is 5.56 Å². The fourth-order valence-electron chi connectivity index (χ4n) is 2.87. The third kappa shape index (κ3) is 3.51. The van der Waals surface area contributed by atoms with Gasteiger partial charge >= 0.3 is 0 Å². The van der Waals surface area contributed by atoms with Gasteiger partial charge < -0.3 is 0 Å². The summed E-state index contributed by atoms with van der Waals surface area (Å²) in [6, 6.07) is 13.5. The highest BCUT2D eigenvalue weighted by molar-refractivity contribution is 6.34. The lowest BCUT2D eigenvalue weighted by molar-refractivity contribution is -0.117. The minimum absolute atomic E-state index is 0.0797. The molecule has 136 valence electrons. The van der Waals surface area contributed by atoms with Crippen LogP contribution in [0.3, 0.4) is 0 Å². The molecule has 0 saturated heterocycles. The second kappa shape index (κ2) is 7.02. The first kappa shape index (κ1) is 17.5. The highest BCUT2D eigenvalue weighted by Gasteiger charge is 2.29. The predicted octanol–water partition coefficient (Wildman–Crippen LogP) is 3.77. The Morgan fingerprint density at radius 3 is 2.63 bits per heavy atom. The first-order valence-corrected chi connectivity index (χ1v) is 8.84.